The molecule has 0 atom stereocenters. The molecule has 0 saturated carbocycles. The molecule has 6 amide bonds. The Bertz CT molecular complexity index is 1430. The van der Waals surface area contributed by atoms with E-state index in [1.54, 1.807) is 9.80 Å². The maximum atomic E-state index is 12.8. The summed E-state index contributed by atoms with van der Waals surface area (Å²) in [6.45, 7) is 6.43. The number of carbonyl (C=O) groups excluding carboxylic acids is 6. The first kappa shape index (κ1) is 37.1. The Hall–Kier alpha value is -5.34. The first-order chi connectivity index (χ1) is 22.8. The van der Waals surface area contributed by atoms with E-state index in [4.69, 9.17) is 0 Å². The number of rotatable bonds is 0. The second-order valence-electron chi connectivity index (χ2n) is 11.4. The number of phenols is 3. The smallest absolute Gasteiger partial charge is 0.255 e. The van der Waals surface area contributed by atoms with E-state index in [1.165, 1.54) is 45.0 Å². The number of nitrogens with zero attached hydrogens (tertiary/aromatic N) is 2. The van der Waals surface area contributed by atoms with Crippen molar-refractivity contribution in [2.24, 2.45) is 0 Å². The fourth-order valence-corrected chi connectivity index (χ4v) is 5.21. The highest BCUT2D eigenvalue weighted by molar-refractivity contribution is 6.03. The predicted octanol–water partition coefficient (Wildman–Crippen LogP) is 1.00. The van der Waals surface area contributed by atoms with Crippen LogP contribution in [0.25, 0.3) is 0 Å². The van der Waals surface area contributed by atoms with Gasteiger partial charge in [-0.1, -0.05) is 0 Å². The number of amides is 6. The summed E-state index contributed by atoms with van der Waals surface area (Å²) in [7, 11) is 0. The number of benzene rings is 2. The monoisotopic (exact) mass is 668 g/mol. The third-order valence-electron chi connectivity index (χ3n) is 8.03. The highest BCUT2D eigenvalue weighted by atomic mass is 16.3. The molecular weight excluding hydrogens is 624 g/mol. The van der Waals surface area contributed by atoms with Crippen molar-refractivity contribution in [3.8, 4) is 17.2 Å². The van der Waals surface area contributed by atoms with Crippen molar-refractivity contribution in [3.63, 3.8) is 0 Å². The van der Waals surface area contributed by atoms with Gasteiger partial charge in [0, 0.05) is 77.3 Å². The number of aromatic hydroxyl groups is 3. The second kappa shape index (κ2) is 17.5. The summed E-state index contributed by atoms with van der Waals surface area (Å²) in [5.41, 5.74) is -0.227. The quantitative estimate of drug-likeness (QED) is 0.199. The third-order valence-corrected chi connectivity index (χ3v) is 8.03. The van der Waals surface area contributed by atoms with E-state index < -0.39 is 35.1 Å². The SMILES string of the molecule is CC(=O)N1CCCCN(C(C)=O)CCCNC(=O)c2ccc(c(O)c2O)C(=O)NCCNC(=O)c2ccc(c(C)c2O)C(=O)NCCC1. The molecule has 0 aromatic heterocycles. The molecule has 0 unspecified atom stereocenters. The molecule has 15 nitrogen and oxygen atoms in total. The Morgan fingerprint density at radius 1 is 0.521 bits per heavy atom. The fourth-order valence-electron chi connectivity index (χ4n) is 5.21. The van der Waals surface area contributed by atoms with Crippen LogP contribution in [0.4, 0.5) is 0 Å². The Morgan fingerprint density at radius 3 is 1.23 bits per heavy atom. The van der Waals surface area contributed by atoms with E-state index in [0.29, 0.717) is 51.9 Å². The molecule has 4 bridgehead atoms. The molecule has 2 aromatic carbocycles. The molecular formula is C33H44N6O9. The van der Waals surface area contributed by atoms with Gasteiger partial charge in [-0.15, -0.1) is 0 Å². The standard InChI is InChI=1S/C33H44N6O9/c1-20-23-8-9-24(27(20)42)31(46)36-14-15-37-33(48)26-11-10-25(28(43)29(26)44)32(47)35-13-7-19-39(22(3)41)17-5-4-16-38(21(2)40)18-6-12-34-30(23)45/h8-11,42-44H,4-7,12-19H2,1-3H3,(H,34,45)(H,35,47)(H,36,46)(H,37,48). The zero-order valence-corrected chi connectivity index (χ0v) is 27.5. The molecule has 5 rings (SSSR count). The van der Waals surface area contributed by atoms with E-state index in [1.807, 2.05) is 0 Å². The number of hydrogen-bond donors (Lipinski definition) is 7. The van der Waals surface area contributed by atoms with Gasteiger partial charge in [-0.3, -0.25) is 28.8 Å². The van der Waals surface area contributed by atoms with Gasteiger partial charge in [-0.05, 0) is 56.9 Å². The summed E-state index contributed by atoms with van der Waals surface area (Å²) < 4.78 is 0. The number of hydrogen-bond acceptors (Lipinski definition) is 9. The first-order valence-corrected chi connectivity index (χ1v) is 15.8. The lowest BCUT2D eigenvalue weighted by atomic mass is 10.0. The Morgan fingerprint density at radius 2 is 0.833 bits per heavy atom. The van der Waals surface area contributed by atoms with Crippen LogP contribution in [0.3, 0.4) is 0 Å². The normalized spacial score (nSPS) is 16.8. The van der Waals surface area contributed by atoms with Crippen molar-refractivity contribution >= 4 is 35.4 Å². The van der Waals surface area contributed by atoms with Crippen LogP contribution in [0.5, 0.6) is 17.2 Å². The van der Waals surface area contributed by atoms with Crippen LogP contribution in [0, 0.1) is 6.92 Å². The Labute approximate surface area is 278 Å². The van der Waals surface area contributed by atoms with Gasteiger partial charge in [-0.25, -0.2) is 0 Å². The van der Waals surface area contributed by atoms with Gasteiger partial charge in [0.05, 0.1) is 16.7 Å². The van der Waals surface area contributed by atoms with Crippen molar-refractivity contribution in [1.29, 1.82) is 0 Å². The minimum absolute atomic E-state index is 0.0587. The molecule has 260 valence electrons. The fraction of sp³-hybridized carbons (Fsp3) is 0.455. The lowest BCUT2D eigenvalue weighted by Crippen LogP contribution is -2.36. The van der Waals surface area contributed by atoms with E-state index in [2.05, 4.69) is 21.3 Å². The van der Waals surface area contributed by atoms with Crippen molar-refractivity contribution < 1.29 is 44.1 Å². The van der Waals surface area contributed by atoms with Crippen LogP contribution in [0.2, 0.25) is 0 Å². The van der Waals surface area contributed by atoms with Gasteiger partial charge in [0.25, 0.3) is 23.6 Å². The van der Waals surface area contributed by atoms with Crippen LogP contribution < -0.4 is 21.3 Å². The Kier molecular flexibility index (Phi) is 13.6. The number of carbonyl (C=O) groups is 6. The average molecular weight is 669 g/mol. The maximum absolute atomic E-state index is 12.8. The molecule has 0 saturated heterocycles. The number of fused-ring (bicyclic) bond motifs is 2. The summed E-state index contributed by atoms with van der Waals surface area (Å²) in [5, 5.41) is 42.0. The van der Waals surface area contributed by atoms with Crippen molar-refractivity contribution in [2.75, 3.05) is 52.4 Å². The van der Waals surface area contributed by atoms with Crippen molar-refractivity contribution in [3.05, 3.63) is 52.1 Å². The van der Waals surface area contributed by atoms with Crippen molar-refractivity contribution in [2.45, 2.75) is 46.5 Å². The molecule has 48 heavy (non-hydrogen) atoms. The summed E-state index contributed by atoms with van der Waals surface area (Å²) in [6.07, 6.45) is 2.18. The average Bonchev–Trinajstić information content (AvgIpc) is 3.04. The molecule has 3 heterocycles. The Balaban J connectivity index is 1.75. The maximum Gasteiger partial charge on any atom is 0.255 e. The molecule has 0 fully saturated rings. The van der Waals surface area contributed by atoms with Gasteiger partial charge >= 0.3 is 0 Å². The largest absolute Gasteiger partial charge is 0.507 e. The molecule has 2 aromatic rings. The van der Waals surface area contributed by atoms with Gasteiger partial charge in [0.15, 0.2) is 11.5 Å². The van der Waals surface area contributed by atoms with E-state index in [0.717, 1.165) is 0 Å². The van der Waals surface area contributed by atoms with Gasteiger partial charge < -0.3 is 46.4 Å². The van der Waals surface area contributed by atoms with Crippen LogP contribution in [-0.4, -0.2) is 113 Å². The molecule has 0 spiro atoms. The van der Waals surface area contributed by atoms with Crippen LogP contribution in [-0.2, 0) is 9.59 Å². The minimum atomic E-state index is -0.792. The van der Waals surface area contributed by atoms with E-state index in [9.17, 15) is 44.1 Å². The molecule has 0 aliphatic carbocycles. The summed E-state index contributed by atoms with van der Waals surface area (Å²) in [4.78, 5) is 78.6. The second-order valence-corrected chi connectivity index (χ2v) is 11.4. The highest BCUT2D eigenvalue weighted by Gasteiger charge is 2.22. The van der Waals surface area contributed by atoms with E-state index in [-0.39, 0.29) is 71.6 Å². The first-order valence-electron chi connectivity index (χ1n) is 15.8. The summed E-state index contributed by atoms with van der Waals surface area (Å²) in [5.74, 6) is -4.73. The molecule has 0 radical (unpaired) electrons. The highest BCUT2D eigenvalue weighted by Crippen LogP contribution is 2.32. The number of phenolic OH excluding ortho intramolecular Hbond substituents is 3. The van der Waals surface area contributed by atoms with E-state index >= 15 is 0 Å². The van der Waals surface area contributed by atoms with Crippen LogP contribution >= 0.6 is 0 Å². The zero-order chi connectivity index (χ0) is 35.4. The lowest BCUT2D eigenvalue weighted by molar-refractivity contribution is -0.130. The minimum Gasteiger partial charge on any atom is -0.507 e. The van der Waals surface area contributed by atoms with Crippen LogP contribution in [0.1, 0.15) is 86.5 Å². The molecule has 7 N–H and O–H groups in total. The van der Waals surface area contributed by atoms with Crippen molar-refractivity contribution in [1.82, 2.24) is 31.1 Å². The van der Waals surface area contributed by atoms with Crippen LogP contribution in [0.15, 0.2) is 24.3 Å². The molecule has 15 heteroatoms. The molecule has 3 aliphatic heterocycles. The van der Waals surface area contributed by atoms with Gasteiger partial charge in [0.2, 0.25) is 11.8 Å². The van der Waals surface area contributed by atoms with Gasteiger partial charge in [0.1, 0.15) is 5.75 Å². The third kappa shape index (κ3) is 9.83. The topological polar surface area (TPSA) is 218 Å². The number of nitrogens with one attached hydrogen (secondary N) is 4. The summed E-state index contributed by atoms with van der Waals surface area (Å²) in [6, 6.07) is 5.11. The zero-order valence-electron chi connectivity index (χ0n) is 27.5. The molecule has 3 aliphatic rings. The van der Waals surface area contributed by atoms with Gasteiger partial charge in [-0.2, -0.15) is 0 Å². The lowest BCUT2D eigenvalue weighted by Gasteiger charge is -2.24. The predicted molar refractivity (Wildman–Crippen MR) is 175 cm³/mol. The summed E-state index contributed by atoms with van der Waals surface area (Å²) >= 11 is 0.